The molecular formula is C13H21N3O2. The van der Waals surface area contributed by atoms with E-state index >= 15 is 0 Å². The van der Waals surface area contributed by atoms with Crippen molar-refractivity contribution >= 4 is 5.82 Å². The molecule has 1 aliphatic heterocycles. The summed E-state index contributed by atoms with van der Waals surface area (Å²) in [5, 5.41) is 4.02. The van der Waals surface area contributed by atoms with Gasteiger partial charge >= 0.3 is 0 Å². The van der Waals surface area contributed by atoms with E-state index in [4.69, 9.17) is 10.5 Å². The van der Waals surface area contributed by atoms with Crippen LogP contribution in [0.3, 0.4) is 0 Å². The Balaban J connectivity index is 1.71. The fraction of sp³-hybridized carbons (Fsp3) is 0.692. The van der Waals surface area contributed by atoms with Gasteiger partial charge in [0.25, 0.3) is 5.56 Å². The summed E-state index contributed by atoms with van der Waals surface area (Å²) in [7, 11) is 0. The van der Waals surface area contributed by atoms with Crippen LogP contribution in [-0.4, -0.2) is 23.0 Å². The lowest BCUT2D eigenvalue weighted by Crippen LogP contribution is -2.23. The Morgan fingerprint density at radius 2 is 2.11 bits per heavy atom. The second kappa shape index (κ2) is 6.54. The molecule has 1 aromatic heterocycles. The van der Waals surface area contributed by atoms with E-state index < -0.39 is 0 Å². The smallest absolute Gasteiger partial charge is 0.266 e. The zero-order chi connectivity index (χ0) is 12.8. The highest BCUT2D eigenvalue weighted by Gasteiger charge is 2.12. The molecule has 0 saturated carbocycles. The molecule has 5 nitrogen and oxygen atoms in total. The number of aryl methyl sites for hydroxylation is 1. The van der Waals surface area contributed by atoms with Crippen LogP contribution in [-0.2, 0) is 11.3 Å². The second-order valence-corrected chi connectivity index (χ2v) is 4.87. The van der Waals surface area contributed by atoms with Crippen LogP contribution in [0.15, 0.2) is 16.9 Å². The topological polar surface area (TPSA) is 70.1 Å². The van der Waals surface area contributed by atoms with E-state index in [1.54, 1.807) is 6.07 Å². The van der Waals surface area contributed by atoms with E-state index in [0.29, 0.717) is 12.4 Å². The number of nitrogens with zero attached hydrogens (tertiary/aromatic N) is 2. The summed E-state index contributed by atoms with van der Waals surface area (Å²) in [6, 6.07) is 3.02. The molecule has 1 aliphatic rings. The Kier molecular flexibility index (Phi) is 4.75. The Morgan fingerprint density at radius 3 is 2.89 bits per heavy atom. The van der Waals surface area contributed by atoms with Crippen LogP contribution >= 0.6 is 0 Å². The van der Waals surface area contributed by atoms with Gasteiger partial charge in [0.15, 0.2) is 0 Å². The number of anilines is 1. The summed E-state index contributed by atoms with van der Waals surface area (Å²) in [5.74, 6) is 1.20. The first-order valence-electron chi connectivity index (χ1n) is 6.67. The third-order valence-corrected chi connectivity index (χ3v) is 3.46. The van der Waals surface area contributed by atoms with Gasteiger partial charge in [-0.1, -0.05) is 12.8 Å². The van der Waals surface area contributed by atoms with Gasteiger partial charge in [-0.25, -0.2) is 4.68 Å². The van der Waals surface area contributed by atoms with Crippen molar-refractivity contribution < 1.29 is 4.74 Å². The maximum Gasteiger partial charge on any atom is 0.266 e. The van der Waals surface area contributed by atoms with E-state index in [1.165, 1.54) is 30.0 Å². The minimum Gasteiger partial charge on any atom is -0.382 e. The molecule has 0 aliphatic carbocycles. The fourth-order valence-corrected chi connectivity index (χ4v) is 2.35. The van der Waals surface area contributed by atoms with Crippen LogP contribution in [0, 0.1) is 5.92 Å². The summed E-state index contributed by atoms with van der Waals surface area (Å²) < 4.78 is 6.79. The first kappa shape index (κ1) is 13.1. The van der Waals surface area contributed by atoms with Gasteiger partial charge in [-0.15, -0.1) is 0 Å². The second-order valence-electron chi connectivity index (χ2n) is 4.87. The van der Waals surface area contributed by atoms with Crippen molar-refractivity contribution in [3.63, 3.8) is 0 Å². The van der Waals surface area contributed by atoms with Gasteiger partial charge in [0.05, 0.1) is 0 Å². The van der Waals surface area contributed by atoms with Crippen LogP contribution < -0.4 is 11.3 Å². The summed E-state index contributed by atoms with van der Waals surface area (Å²) >= 11 is 0. The Hall–Kier alpha value is -1.36. The van der Waals surface area contributed by atoms with E-state index in [1.807, 2.05) is 0 Å². The van der Waals surface area contributed by atoms with Gasteiger partial charge in [0, 0.05) is 25.8 Å². The van der Waals surface area contributed by atoms with Gasteiger partial charge < -0.3 is 10.5 Å². The average molecular weight is 251 g/mol. The van der Waals surface area contributed by atoms with Crippen LogP contribution in [0.25, 0.3) is 0 Å². The summed E-state index contributed by atoms with van der Waals surface area (Å²) in [4.78, 5) is 11.5. The van der Waals surface area contributed by atoms with Crippen molar-refractivity contribution in [3.05, 3.63) is 22.5 Å². The maximum absolute atomic E-state index is 11.5. The molecule has 0 atom stereocenters. The Bertz CT molecular complexity index is 424. The third-order valence-electron chi connectivity index (χ3n) is 3.46. The van der Waals surface area contributed by atoms with E-state index in [2.05, 4.69) is 5.10 Å². The van der Waals surface area contributed by atoms with Gasteiger partial charge in [-0.3, -0.25) is 4.79 Å². The quantitative estimate of drug-likeness (QED) is 0.803. The SMILES string of the molecule is Nc1ccc(=O)n(CCCCC2CCOCC2)n1. The molecule has 0 aromatic carbocycles. The lowest BCUT2D eigenvalue weighted by molar-refractivity contribution is 0.0630. The predicted molar refractivity (Wildman–Crippen MR) is 70.3 cm³/mol. The highest BCUT2D eigenvalue weighted by atomic mass is 16.5. The van der Waals surface area contributed by atoms with Crippen molar-refractivity contribution in [2.24, 2.45) is 5.92 Å². The van der Waals surface area contributed by atoms with Gasteiger partial charge in [-0.05, 0) is 31.2 Å². The van der Waals surface area contributed by atoms with Crippen LogP contribution in [0.2, 0.25) is 0 Å². The highest BCUT2D eigenvalue weighted by Crippen LogP contribution is 2.20. The Labute approximate surface area is 107 Å². The number of unbranched alkanes of at least 4 members (excludes halogenated alkanes) is 1. The van der Waals surface area contributed by atoms with Crippen LogP contribution in [0.5, 0.6) is 0 Å². The molecule has 5 heteroatoms. The minimum absolute atomic E-state index is 0.0738. The van der Waals surface area contributed by atoms with Crippen molar-refractivity contribution in [1.29, 1.82) is 0 Å². The van der Waals surface area contributed by atoms with E-state index in [-0.39, 0.29) is 5.56 Å². The van der Waals surface area contributed by atoms with Crippen molar-refractivity contribution in [3.8, 4) is 0 Å². The number of aromatic nitrogens is 2. The predicted octanol–water partition coefficient (Wildman–Crippen LogP) is 1.42. The Morgan fingerprint density at radius 1 is 1.33 bits per heavy atom. The zero-order valence-corrected chi connectivity index (χ0v) is 10.7. The molecule has 2 heterocycles. The summed E-state index contributed by atoms with van der Waals surface area (Å²) in [6.07, 6.45) is 5.69. The first-order chi connectivity index (χ1) is 8.75. The molecular weight excluding hydrogens is 230 g/mol. The number of hydrogen-bond donors (Lipinski definition) is 1. The van der Waals surface area contributed by atoms with Gasteiger partial charge in [0.1, 0.15) is 5.82 Å². The standard InChI is InChI=1S/C13H21N3O2/c14-12-4-5-13(17)16(15-12)8-2-1-3-11-6-9-18-10-7-11/h4-5,11H,1-3,6-10H2,(H2,14,15). The molecule has 2 N–H and O–H groups in total. The maximum atomic E-state index is 11.5. The van der Waals surface area contributed by atoms with Crippen LogP contribution in [0.1, 0.15) is 32.1 Å². The van der Waals surface area contributed by atoms with E-state index in [9.17, 15) is 4.79 Å². The molecule has 0 bridgehead atoms. The number of ether oxygens (including phenoxy) is 1. The molecule has 2 rings (SSSR count). The number of hydrogen-bond acceptors (Lipinski definition) is 4. The van der Waals surface area contributed by atoms with Gasteiger partial charge in [-0.2, -0.15) is 5.10 Å². The van der Waals surface area contributed by atoms with Gasteiger partial charge in [0.2, 0.25) is 0 Å². The fourth-order valence-electron chi connectivity index (χ4n) is 2.35. The number of nitrogens with two attached hydrogens (primary N) is 1. The van der Waals surface area contributed by atoms with Crippen molar-refractivity contribution in [1.82, 2.24) is 9.78 Å². The average Bonchev–Trinajstić information content (AvgIpc) is 2.40. The van der Waals surface area contributed by atoms with Crippen molar-refractivity contribution in [2.45, 2.75) is 38.6 Å². The molecule has 0 spiro atoms. The van der Waals surface area contributed by atoms with Crippen LogP contribution in [0.4, 0.5) is 5.82 Å². The highest BCUT2D eigenvalue weighted by molar-refractivity contribution is 5.23. The zero-order valence-electron chi connectivity index (χ0n) is 10.7. The first-order valence-corrected chi connectivity index (χ1v) is 6.67. The van der Waals surface area contributed by atoms with E-state index in [0.717, 1.165) is 32.0 Å². The lowest BCUT2D eigenvalue weighted by Gasteiger charge is -2.21. The molecule has 1 fully saturated rings. The lowest BCUT2D eigenvalue weighted by atomic mass is 9.94. The third kappa shape index (κ3) is 3.84. The normalized spacial score (nSPS) is 16.9. The monoisotopic (exact) mass is 251 g/mol. The molecule has 1 aromatic rings. The summed E-state index contributed by atoms with van der Waals surface area (Å²) in [6.45, 7) is 2.47. The number of rotatable bonds is 5. The molecule has 100 valence electrons. The molecule has 0 amide bonds. The largest absolute Gasteiger partial charge is 0.382 e. The molecule has 1 saturated heterocycles. The number of nitrogen functional groups attached to an aromatic ring is 1. The molecule has 0 unspecified atom stereocenters. The molecule has 0 radical (unpaired) electrons. The van der Waals surface area contributed by atoms with Crippen molar-refractivity contribution in [2.75, 3.05) is 18.9 Å². The molecule has 18 heavy (non-hydrogen) atoms. The minimum atomic E-state index is -0.0738. The summed E-state index contributed by atoms with van der Waals surface area (Å²) in [5.41, 5.74) is 5.49.